The average molecular weight is 313 g/mol. The molecule has 0 heterocycles. The van der Waals surface area contributed by atoms with Crippen molar-refractivity contribution in [3.8, 4) is 11.1 Å². The number of allylic oxidation sites excluding steroid dienone is 2. The van der Waals surface area contributed by atoms with Crippen LogP contribution in [-0.4, -0.2) is 0 Å². The molecule has 0 amide bonds. The highest BCUT2D eigenvalue weighted by molar-refractivity contribution is 9.10. The second kappa shape index (κ2) is 4.64. The third kappa shape index (κ3) is 1.97. The molecule has 0 aromatic heterocycles. The molecule has 0 nitrogen and oxygen atoms in total. The van der Waals surface area contributed by atoms with Gasteiger partial charge in [0.1, 0.15) is 0 Å². The van der Waals surface area contributed by atoms with Gasteiger partial charge in [-0.15, -0.1) is 0 Å². The van der Waals surface area contributed by atoms with Crippen LogP contribution in [0.15, 0.2) is 40.9 Å². The Balaban J connectivity index is 2.25. The average Bonchev–Trinajstić information content (AvgIpc) is 2.76. The summed E-state index contributed by atoms with van der Waals surface area (Å²) in [6, 6.07) is 11.0. The van der Waals surface area contributed by atoms with Gasteiger partial charge in [0, 0.05) is 4.47 Å². The van der Waals surface area contributed by atoms with E-state index in [1.165, 1.54) is 43.4 Å². The minimum absolute atomic E-state index is 1.06. The van der Waals surface area contributed by atoms with Crippen molar-refractivity contribution >= 4 is 21.5 Å². The van der Waals surface area contributed by atoms with Crippen LogP contribution in [0.1, 0.15) is 29.2 Å². The highest BCUT2D eigenvalue weighted by Gasteiger charge is 2.18. The lowest BCUT2D eigenvalue weighted by atomic mass is 9.94. The molecule has 1 aliphatic rings. The van der Waals surface area contributed by atoms with Gasteiger partial charge in [-0.25, -0.2) is 0 Å². The minimum atomic E-state index is 1.06. The second-order valence-electron chi connectivity index (χ2n) is 5.30. The van der Waals surface area contributed by atoms with Crippen LogP contribution < -0.4 is 0 Å². The molecule has 19 heavy (non-hydrogen) atoms. The van der Waals surface area contributed by atoms with Gasteiger partial charge >= 0.3 is 0 Å². The molecule has 3 rings (SSSR count). The van der Waals surface area contributed by atoms with Gasteiger partial charge in [0.2, 0.25) is 0 Å². The lowest BCUT2D eigenvalue weighted by molar-refractivity contribution is 1.29. The Kier molecular flexibility index (Phi) is 3.10. The molecule has 2 aromatic rings. The van der Waals surface area contributed by atoms with Crippen LogP contribution in [0, 0.1) is 13.8 Å². The maximum absolute atomic E-state index is 3.83. The normalized spacial score (nSPS) is 13.4. The quantitative estimate of drug-likeness (QED) is 0.634. The van der Waals surface area contributed by atoms with Gasteiger partial charge in [0.15, 0.2) is 0 Å². The van der Waals surface area contributed by atoms with Crippen molar-refractivity contribution < 1.29 is 0 Å². The van der Waals surface area contributed by atoms with E-state index >= 15 is 0 Å². The molecule has 0 bridgehead atoms. The number of benzene rings is 2. The fourth-order valence-corrected chi connectivity index (χ4v) is 3.74. The van der Waals surface area contributed by atoms with E-state index in [2.05, 4.69) is 73.1 Å². The smallest absolute Gasteiger partial charge is 0.0331 e. The number of halogens is 1. The molecule has 0 unspecified atom stereocenters. The summed E-state index contributed by atoms with van der Waals surface area (Å²) < 4.78 is 1.24. The van der Waals surface area contributed by atoms with Gasteiger partial charge in [-0.05, 0) is 82.1 Å². The lowest BCUT2D eigenvalue weighted by Gasteiger charge is -2.14. The fraction of sp³-hybridized carbons (Fsp3) is 0.222. The molecular formula is C18H17Br. The van der Waals surface area contributed by atoms with Crippen LogP contribution in [0.4, 0.5) is 0 Å². The first-order valence-electron chi connectivity index (χ1n) is 6.64. The number of fused-ring (bicyclic) bond motifs is 1. The standard InChI is InChI=1S/C18H17Br/c1-11-5-4-6-15(13(11)3)16-10-9-14-8-7-12(2)17(14)18(16)19/h4-7,9-10H,8H2,1-3H3. The van der Waals surface area contributed by atoms with Crippen molar-refractivity contribution in [1.29, 1.82) is 0 Å². The Morgan fingerprint density at radius 3 is 2.53 bits per heavy atom. The van der Waals surface area contributed by atoms with Crippen LogP contribution in [0.5, 0.6) is 0 Å². The highest BCUT2D eigenvalue weighted by Crippen LogP contribution is 2.40. The third-order valence-electron chi connectivity index (χ3n) is 4.15. The third-order valence-corrected chi connectivity index (χ3v) is 4.97. The van der Waals surface area contributed by atoms with Crippen molar-refractivity contribution in [3.05, 3.63) is 63.1 Å². The highest BCUT2D eigenvalue weighted by atomic mass is 79.9. The van der Waals surface area contributed by atoms with Crippen molar-refractivity contribution in [2.75, 3.05) is 0 Å². The molecule has 1 heteroatoms. The Morgan fingerprint density at radius 1 is 0.947 bits per heavy atom. The summed E-state index contributed by atoms with van der Waals surface area (Å²) in [6.45, 7) is 6.57. The monoisotopic (exact) mass is 312 g/mol. The Labute approximate surface area is 123 Å². The summed E-state index contributed by atoms with van der Waals surface area (Å²) in [5.41, 5.74) is 9.54. The van der Waals surface area contributed by atoms with Crippen molar-refractivity contribution in [2.24, 2.45) is 0 Å². The van der Waals surface area contributed by atoms with Crippen LogP contribution >= 0.6 is 15.9 Å². The molecule has 2 aromatic carbocycles. The molecule has 0 saturated carbocycles. The first-order valence-corrected chi connectivity index (χ1v) is 7.44. The van der Waals surface area contributed by atoms with E-state index in [-0.39, 0.29) is 0 Å². The second-order valence-corrected chi connectivity index (χ2v) is 6.09. The molecule has 0 aliphatic heterocycles. The summed E-state index contributed by atoms with van der Waals surface area (Å²) in [6.07, 6.45) is 3.37. The van der Waals surface area contributed by atoms with E-state index in [9.17, 15) is 0 Å². The van der Waals surface area contributed by atoms with Gasteiger partial charge < -0.3 is 0 Å². The van der Waals surface area contributed by atoms with E-state index in [1.54, 1.807) is 0 Å². The summed E-state index contributed by atoms with van der Waals surface area (Å²) >= 11 is 3.83. The fourth-order valence-electron chi connectivity index (χ4n) is 2.83. The first kappa shape index (κ1) is 12.7. The molecule has 0 N–H and O–H groups in total. The minimum Gasteiger partial charge on any atom is -0.0765 e. The van der Waals surface area contributed by atoms with E-state index in [0.29, 0.717) is 0 Å². The molecule has 1 aliphatic carbocycles. The topological polar surface area (TPSA) is 0 Å². The number of hydrogen-bond acceptors (Lipinski definition) is 0. The van der Waals surface area contributed by atoms with Gasteiger partial charge in [-0.2, -0.15) is 0 Å². The maximum atomic E-state index is 3.83. The van der Waals surface area contributed by atoms with Crippen molar-refractivity contribution in [1.82, 2.24) is 0 Å². The van der Waals surface area contributed by atoms with Gasteiger partial charge in [-0.1, -0.05) is 36.4 Å². The first-order chi connectivity index (χ1) is 9.09. The zero-order valence-electron chi connectivity index (χ0n) is 11.5. The van der Waals surface area contributed by atoms with Crippen LogP contribution in [-0.2, 0) is 6.42 Å². The molecule has 0 fully saturated rings. The molecular weight excluding hydrogens is 296 g/mol. The van der Waals surface area contributed by atoms with Crippen LogP contribution in [0.2, 0.25) is 0 Å². The summed E-state index contributed by atoms with van der Waals surface area (Å²) in [5, 5.41) is 0. The molecule has 0 atom stereocenters. The molecule has 0 spiro atoms. The van der Waals surface area contributed by atoms with E-state index < -0.39 is 0 Å². The lowest BCUT2D eigenvalue weighted by Crippen LogP contribution is -1.92. The Bertz CT molecular complexity index is 693. The zero-order valence-corrected chi connectivity index (χ0v) is 13.1. The van der Waals surface area contributed by atoms with Crippen LogP contribution in [0.3, 0.4) is 0 Å². The largest absolute Gasteiger partial charge is 0.0765 e. The van der Waals surface area contributed by atoms with E-state index in [4.69, 9.17) is 0 Å². The van der Waals surface area contributed by atoms with E-state index in [0.717, 1.165) is 6.42 Å². The zero-order chi connectivity index (χ0) is 13.6. The summed E-state index contributed by atoms with van der Waals surface area (Å²) in [4.78, 5) is 0. The summed E-state index contributed by atoms with van der Waals surface area (Å²) in [5.74, 6) is 0. The predicted molar refractivity (Wildman–Crippen MR) is 86.4 cm³/mol. The van der Waals surface area contributed by atoms with Gasteiger partial charge in [0.25, 0.3) is 0 Å². The predicted octanol–water partition coefficient (Wildman–Crippen LogP) is 5.69. The van der Waals surface area contributed by atoms with E-state index in [1.807, 2.05) is 0 Å². The van der Waals surface area contributed by atoms with Crippen molar-refractivity contribution in [2.45, 2.75) is 27.2 Å². The SMILES string of the molecule is CC1=CCc2ccc(-c3cccc(C)c3C)c(Br)c21. The Morgan fingerprint density at radius 2 is 1.74 bits per heavy atom. The number of aryl methyl sites for hydroxylation is 1. The molecule has 0 radical (unpaired) electrons. The van der Waals surface area contributed by atoms with Gasteiger partial charge in [0.05, 0.1) is 0 Å². The van der Waals surface area contributed by atoms with Crippen LogP contribution in [0.25, 0.3) is 16.7 Å². The molecule has 0 saturated heterocycles. The molecule has 96 valence electrons. The van der Waals surface area contributed by atoms with Gasteiger partial charge in [-0.3, -0.25) is 0 Å². The number of hydrogen-bond donors (Lipinski definition) is 0. The van der Waals surface area contributed by atoms with Crippen molar-refractivity contribution in [3.63, 3.8) is 0 Å². The Hall–Kier alpha value is -1.34. The summed E-state index contributed by atoms with van der Waals surface area (Å²) in [7, 11) is 0. The maximum Gasteiger partial charge on any atom is 0.0331 e. The number of rotatable bonds is 1.